The van der Waals surface area contributed by atoms with Crippen LogP contribution in [0.3, 0.4) is 0 Å². The first-order valence-electron chi connectivity index (χ1n) is 3.92. The molecule has 0 spiro atoms. The van der Waals surface area contributed by atoms with E-state index in [0.29, 0.717) is 5.56 Å². The maximum atomic E-state index is 10.7. The second kappa shape index (κ2) is 4.28. The number of carboxylic acids is 1. The topological polar surface area (TPSA) is 113 Å². The van der Waals surface area contributed by atoms with Crippen LogP contribution in [0.2, 0.25) is 0 Å². The molecule has 5 N–H and O–H groups in total. The smallest absolute Gasteiger partial charge is 0.335 e. The highest BCUT2D eigenvalue weighted by Crippen LogP contribution is 2.23. The molecule has 0 bridgehead atoms. The van der Waals surface area contributed by atoms with Crippen molar-refractivity contribution in [3.8, 4) is 0 Å². The van der Waals surface area contributed by atoms with Gasteiger partial charge in [-0.3, -0.25) is 9.27 Å². The van der Waals surface area contributed by atoms with E-state index in [0.717, 1.165) is 0 Å². The molecule has 7 heteroatoms. The predicted molar refractivity (Wildman–Crippen MR) is 56.9 cm³/mol. The molecule has 0 fully saturated rings. The number of nitrogens with two attached hydrogens (primary N) is 1. The van der Waals surface area contributed by atoms with Crippen molar-refractivity contribution in [1.82, 2.24) is 0 Å². The highest BCUT2D eigenvalue weighted by atomic mass is 32.2. The fourth-order valence-corrected chi connectivity index (χ4v) is 1.46. The Morgan fingerprint density at radius 2 is 2.13 bits per heavy atom. The van der Waals surface area contributed by atoms with Crippen LogP contribution in [0.25, 0.3) is 0 Å². The van der Waals surface area contributed by atoms with Gasteiger partial charge in [0.1, 0.15) is 0 Å². The minimum atomic E-state index is -2.26. The second-order valence-corrected chi connectivity index (χ2v) is 3.60. The lowest BCUT2D eigenvalue weighted by molar-refractivity contribution is 0.0697. The van der Waals surface area contributed by atoms with Crippen molar-refractivity contribution in [1.29, 1.82) is 0 Å². The first-order valence-corrected chi connectivity index (χ1v) is 5.03. The van der Waals surface area contributed by atoms with E-state index in [-0.39, 0.29) is 16.9 Å². The van der Waals surface area contributed by atoms with Gasteiger partial charge in [-0.15, -0.1) is 0 Å². The van der Waals surface area contributed by atoms with Gasteiger partial charge in [0.2, 0.25) is 0 Å². The molecule has 0 aliphatic carbocycles. The van der Waals surface area contributed by atoms with Gasteiger partial charge >= 0.3 is 5.97 Å². The first-order chi connectivity index (χ1) is 6.91. The van der Waals surface area contributed by atoms with Gasteiger partial charge in [0, 0.05) is 5.69 Å². The van der Waals surface area contributed by atoms with Crippen molar-refractivity contribution < 1.29 is 18.7 Å². The number of nitrogens with one attached hydrogen (secondary N) is 1. The largest absolute Gasteiger partial charge is 0.478 e. The molecule has 0 saturated carbocycles. The molecule has 0 amide bonds. The SMILES string of the molecule is Cc1c(N)cc(C(=O)O)cc1NS(=O)O. The number of carboxylic acid groups (broad SMARTS) is 1. The number of hydrogen-bond acceptors (Lipinski definition) is 3. The summed E-state index contributed by atoms with van der Waals surface area (Å²) in [7, 11) is 0. The van der Waals surface area contributed by atoms with Gasteiger partial charge in [-0.25, -0.2) is 9.00 Å². The molecule has 1 unspecified atom stereocenters. The molecule has 0 aliphatic rings. The zero-order valence-electron chi connectivity index (χ0n) is 7.85. The second-order valence-electron chi connectivity index (χ2n) is 2.89. The van der Waals surface area contributed by atoms with E-state index in [9.17, 15) is 9.00 Å². The van der Waals surface area contributed by atoms with Crippen LogP contribution in [0.5, 0.6) is 0 Å². The number of aromatic carboxylic acids is 1. The summed E-state index contributed by atoms with van der Waals surface area (Å²) in [4.78, 5) is 10.7. The normalized spacial score (nSPS) is 12.1. The van der Waals surface area contributed by atoms with Crippen molar-refractivity contribution in [3.05, 3.63) is 23.3 Å². The summed E-state index contributed by atoms with van der Waals surface area (Å²) in [6.45, 7) is 1.62. The predicted octanol–water partition coefficient (Wildman–Crippen LogP) is 0.824. The highest BCUT2D eigenvalue weighted by Gasteiger charge is 2.10. The van der Waals surface area contributed by atoms with Crippen LogP contribution < -0.4 is 10.5 Å². The molecule has 15 heavy (non-hydrogen) atoms. The van der Waals surface area contributed by atoms with Gasteiger partial charge in [-0.05, 0) is 24.6 Å². The summed E-state index contributed by atoms with van der Waals surface area (Å²) >= 11 is -2.26. The van der Waals surface area contributed by atoms with Gasteiger partial charge in [0.05, 0.1) is 11.3 Å². The average molecular weight is 230 g/mol. The Labute approximate surface area is 88.5 Å². The number of rotatable bonds is 3. The lowest BCUT2D eigenvalue weighted by Crippen LogP contribution is -2.07. The lowest BCUT2D eigenvalue weighted by atomic mass is 10.1. The van der Waals surface area contributed by atoms with Crippen LogP contribution in [0, 0.1) is 6.92 Å². The Bertz CT molecular complexity index is 433. The molecule has 0 heterocycles. The highest BCUT2D eigenvalue weighted by molar-refractivity contribution is 7.80. The third-order valence-corrected chi connectivity index (χ3v) is 2.29. The zero-order valence-corrected chi connectivity index (χ0v) is 8.67. The molecule has 0 radical (unpaired) electrons. The van der Waals surface area contributed by atoms with Crippen molar-refractivity contribution >= 4 is 28.6 Å². The summed E-state index contributed by atoms with van der Waals surface area (Å²) in [5, 5.41) is 8.74. The number of anilines is 2. The van der Waals surface area contributed by atoms with Gasteiger partial charge in [-0.1, -0.05) is 0 Å². The molecular formula is C8H10N2O4S. The van der Waals surface area contributed by atoms with E-state index in [1.54, 1.807) is 6.92 Å². The summed E-state index contributed by atoms with van der Waals surface area (Å²) in [6, 6.07) is 2.55. The van der Waals surface area contributed by atoms with E-state index in [1.165, 1.54) is 12.1 Å². The summed E-state index contributed by atoms with van der Waals surface area (Å²) in [5.74, 6) is -1.14. The van der Waals surface area contributed by atoms with E-state index < -0.39 is 17.2 Å². The molecule has 1 atom stereocenters. The quantitative estimate of drug-likeness (QED) is 0.453. The molecule has 0 aromatic heterocycles. The molecule has 6 nitrogen and oxygen atoms in total. The summed E-state index contributed by atoms with van der Waals surface area (Å²) < 4.78 is 21.3. The number of carbonyl (C=O) groups is 1. The van der Waals surface area contributed by atoms with Crippen LogP contribution in [-0.4, -0.2) is 19.8 Å². The Hall–Kier alpha value is -1.60. The molecule has 1 aromatic rings. The molecule has 0 aliphatic heterocycles. The Morgan fingerprint density at radius 3 is 2.60 bits per heavy atom. The van der Waals surface area contributed by atoms with Crippen LogP contribution >= 0.6 is 0 Å². The van der Waals surface area contributed by atoms with Crippen molar-refractivity contribution in [2.45, 2.75) is 6.92 Å². The number of nitrogen functional groups attached to an aromatic ring is 1. The number of hydrogen-bond donors (Lipinski definition) is 4. The zero-order chi connectivity index (χ0) is 11.6. The van der Waals surface area contributed by atoms with Crippen molar-refractivity contribution in [2.24, 2.45) is 0 Å². The minimum absolute atomic E-state index is 0.0361. The van der Waals surface area contributed by atoms with E-state index in [1.807, 2.05) is 0 Å². The minimum Gasteiger partial charge on any atom is -0.478 e. The fraction of sp³-hybridized carbons (Fsp3) is 0.125. The van der Waals surface area contributed by atoms with Crippen molar-refractivity contribution in [2.75, 3.05) is 10.5 Å². The van der Waals surface area contributed by atoms with Crippen LogP contribution in [0.4, 0.5) is 11.4 Å². The van der Waals surface area contributed by atoms with E-state index in [4.69, 9.17) is 15.4 Å². The monoisotopic (exact) mass is 230 g/mol. The van der Waals surface area contributed by atoms with E-state index in [2.05, 4.69) is 4.72 Å². The molecule has 0 saturated heterocycles. The van der Waals surface area contributed by atoms with Crippen LogP contribution in [0.1, 0.15) is 15.9 Å². The number of benzene rings is 1. The third kappa shape index (κ3) is 2.67. The van der Waals surface area contributed by atoms with Crippen molar-refractivity contribution in [3.63, 3.8) is 0 Å². The van der Waals surface area contributed by atoms with Gasteiger partial charge in [0.15, 0.2) is 0 Å². The standard InChI is InChI=1S/C8H10N2O4S/c1-4-6(9)2-5(8(11)12)3-7(4)10-15(13)14/h2-3,10H,9H2,1H3,(H,11,12)(H,13,14). The third-order valence-electron chi connectivity index (χ3n) is 1.89. The maximum absolute atomic E-state index is 10.7. The van der Waals surface area contributed by atoms with Crippen LogP contribution in [-0.2, 0) is 11.3 Å². The van der Waals surface area contributed by atoms with E-state index >= 15 is 0 Å². The van der Waals surface area contributed by atoms with Gasteiger partial charge in [0.25, 0.3) is 11.3 Å². The van der Waals surface area contributed by atoms with Gasteiger partial charge < -0.3 is 10.8 Å². The molecular weight excluding hydrogens is 220 g/mol. The summed E-state index contributed by atoms with van der Waals surface area (Å²) in [6.07, 6.45) is 0. The Balaban J connectivity index is 3.24. The lowest BCUT2D eigenvalue weighted by Gasteiger charge is -2.09. The fourth-order valence-electron chi connectivity index (χ4n) is 1.06. The van der Waals surface area contributed by atoms with Crippen LogP contribution in [0.15, 0.2) is 12.1 Å². The van der Waals surface area contributed by atoms with Gasteiger partial charge in [-0.2, -0.15) is 0 Å². The summed E-state index contributed by atoms with van der Waals surface area (Å²) in [5.41, 5.74) is 6.53. The first kappa shape index (κ1) is 11.5. The maximum Gasteiger partial charge on any atom is 0.335 e. The molecule has 82 valence electrons. The molecule has 1 rings (SSSR count). The Morgan fingerprint density at radius 1 is 1.53 bits per heavy atom. The Kier molecular flexibility index (Phi) is 3.28. The molecule has 1 aromatic carbocycles. The average Bonchev–Trinajstić information content (AvgIpc) is 2.11.